The van der Waals surface area contributed by atoms with Gasteiger partial charge in [0.2, 0.25) is 5.88 Å². The average Bonchev–Trinajstić information content (AvgIpc) is 2.94. The predicted molar refractivity (Wildman–Crippen MR) is 63.5 cm³/mol. The van der Waals surface area contributed by atoms with E-state index in [9.17, 15) is 10.2 Å². The number of ether oxygens (including phenoxy) is 1. The summed E-state index contributed by atoms with van der Waals surface area (Å²) in [4.78, 5) is 11.8. The van der Waals surface area contributed by atoms with Gasteiger partial charge in [0.1, 0.15) is 12.7 Å². The predicted octanol–water partition coefficient (Wildman–Crippen LogP) is -1.16. The average molecular weight is 265 g/mol. The smallest absolute Gasteiger partial charge is 0.243 e. The SMILES string of the molecule is Nc1ncnc2c1ncn2C1=C(O)C(O)[C@@H](CO)O1. The lowest BCUT2D eigenvalue weighted by Crippen LogP contribution is -2.27. The maximum atomic E-state index is 9.83. The van der Waals surface area contributed by atoms with Gasteiger partial charge in [-0.2, -0.15) is 0 Å². The molecule has 0 aliphatic carbocycles. The quantitative estimate of drug-likeness (QED) is 0.533. The number of hydrogen-bond acceptors (Lipinski definition) is 8. The number of aromatic nitrogens is 4. The fourth-order valence-electron chi connectivity index (χ4n) is 1.89. The molecule has 1 unspecified atom stereocenters. The van der Waals surface area contributed by atoms with Crippen LogP contribution in [0.15, 0.2) is 18.4 Å². The van der Waals surface area contributed by atoms with Gasteiger partial charge in [-0.1, -0.05) is 0 Å². The van der Waals surface area contributed by atoms with E-state index in [2.05, 4.69) is 15.0 Å². The standard InChI is InChI=1S/C10H11N5O4/c11-8-5-9(13-2-12-8)15(3-14-5)10-7(18)6(17)4(1-16)19-10/h2-4,6,16-18H,1H2,(H2,11,12,13)/t4-,6?/m1/s1. The zero-order chi connectivity index (χ0) is 13.6. The fraction of sp³-hybridized carbons (Fsp3) is 0.300. The molecule has 0 fully saturated rings. The molecule has 1 aliphatic rings. The fourth-order valence-corrected chi connectivity index (χ4v) is 1.89. The summed E-state index contributed by atoms with van der Waals surface area (Å²) in [7, 11) is 0. The molecule has 1 aliphatic heterocycles. The number of aliphatic hydroxyl groups is 3. The number of nitrogens with two attached hydrogens (primary N) is 1. The van der Waals surface area contributed by atoms with E-state index in [4.69, 9.17) is 15.6 Å². The van der Waals surface area contributed by atoms with Crippen LogP contribution in [-0.2, 0) is 4.74 Å². The van der Waals surface area contributed by atoms with Crippen molar-refractivity contribution in [1.29, 1.82) is 0 Å². The van der Waals surface area contributed by atoms with Gasteiger partial charge in [0.05, 0.1) is 6.61 Å². The number of imidazole rings is 1. The van der Waals surface area contributed by atoms with E-state index in [0.29, 0.717) is 11.2 Å². The van der Waals surface area contributed by atoms with Gasteiger partial charge in [-0.15, -0.1) is 0 Å². The minimum atomic E-state index is -1.29. The number of rotatable bonds is 2. The second-order valence-electron chi connectivity index (χ2n) is 4.02. The zero-order valence-corrected chi connectivity index (χ0v) is 9.63. The summed E-state index contributed by atoms with van der Waals surface area (Å²) in [6.45, 7) is -0.432. The molecular formula is C10H11N5O4. The summed E-state index contributed by atoms with van der Waals surface area (Å²) in [5.74, 6) is -0.233. The zero-order valence-electron chi connectivity index (χ0n) is 9.63. The third-order valence-corrected chi connectivity index (χ3v) is 2.87. The van der Waals surface area contributed by atoms with Crippen molar-refractivity contribution in [1.82, 2.24) is 19.5 Å². The topological polar surface area (TPSA) is 140 Å². The number of nitrogen functional groups attached to an aromatic ring is 1. The molecule has 0 bridgehead atoms. The number of nitrogens with zero attached hydrogens (tertiary/aromatic N) is 4. The van der Waals surface area contributed by atoms with Crippen LogP contribution in [0.4, 0.5) is 5.82 Å². The van der Waals surface area contributed by atoms with E-state index in [-0.39, 0.29) is 11.7 Å². The first kappa shape index (κ1) is 11.7. The first-order chi connectivity index (χ1) is 9.13. The van der Waals surface area contributed by atoms with Crippen LogP contribution >= 0.6 is 0 Å². The van der Waals surface area contributed by atoms with E-state index in [1.165, 1.54) is 17.2 Å². The van der Waals surface area contributed by atoms with Crippen molar-refractivity contribution in [3.05, 3.63) is 18.4 Å². The van der Waals surface area contributed by atoms with Crippen molar-refractivity contribution in [2.24, 2.45) is 0 Å². The molecule has 9 nitrogen and oxygen atoms in total. The molecule has 2 atom stereocenters. The van der Waals surface area contributed by atoms with Crippen LogP contribution in [0.25, 0.3) is 17.0 Å². The second-order valence-corrected chi connectivity index (χ2v) is 4.02. The van der Waals surface area contributed by atoms with Crippen LogP contribution in [0.3, 0.4) is 0 Å². The Morgan fingerprint density at radius 2 is 2.16 bits per heavy atom. The minimum absolute atomic E-state index is 0.0350. The monoisotopic (exact) mass is 265 g/mol. The molecule has 2 aromatic rings. The van der Waals surface area contributed by atoms with Crippen LogP contribution in [0, 0.1) is 0 Å². The van der Waals surface area contributed by atoms with E-state index in [1.807, 2.05) is 0 Å². The molecule has 0 saturated carbocycles. The highest BCUT2D eigenvalue weighted by atomic mass is 16.5. The second kappa shape index (κ2) is 4.07. The maximum absolute atomic E-state index is 9.83. The van der Waals surface area contributed by atoms with Gasteiger partial charge in [-0.3, -0.25) is 0 Å². The highest BCUT2D eigenvalue weighted by Gasteiger charge is 2.37. The number of fused-ring (bicyclic) bond motifs is 1. The number of aliphatic hydroxyl groups excluding tert-OH is 3. The Morgan fingerprint density at radius 3 is 2.84 bits per heavy atom. The molecule has 0 radical (unpaired) electrons. The molecular weight excluding hydrogens is 254 g/mol. The summed E-state index contributed by atoms with van der Waals surface area (Å²) in [6, 6.07) is 0. The summed E-state index contributed by atoms with van der Waals surface area (Å²) in [5, 5.41) is 28.5. The summed E-state index contributed by atoms with van der Waals surface area (Å²) in [5.41, 5.74) is 6.34. The molecule has 0 aromatic carbocycles. The lowest BCUT2D eigenvalue weighted by Gasteiger charge is -2.11. The molecule has 3 rings (SSSR count). The van der Waals surface area contributed by atoms with Crippen LogP contribution in [0.2, 0.25) is 0 Å². The van der Waals surface area contributed by atoms with E-state index >= 15 is 0 Å². The minimum Gasteiger partial charge on any atom is -0.505 e. The molecule has 0 amide bonds. The van der Waals surface area contributed by atoms with Gasteiger partial charge in [-0.05, 0) is 0 Å². The van der Waals surface area contributed by atoms with Crippen molar-refractivity contribution >= 4 is 22.9 Å². The van der Waals surface area contributed by atoms with Crippen molar-refractivity contribution < 1.29 is 20.1 Å². The van der Waals surface area contributed by atoms with E-state index in [0.717, 1.165) is 0 Å². The van der Waals surface area contributed by atoms with Gasteiger partial charge in [0, 0.05) is 0 Å². The van der Waals surface area contributed by atoms with Gasteiger partial charge >= 0.3 is 0 Å². The Hall–Kier alpha value is -2.39. The highest BCUT2D eigenvalue weighted by molar-refractivity contribution is 5.83. The van der Waals surface area contributed by atoms with Gasteiger partial charge in [0.25, 0.3) is 0 Å². The molecule has 0 saturated heterocycles. The Bertz CT molecular complexity index is 667. The summed E-state index contributed by atoms with van der Waals surface area (Å²) in [6.07, 6.45) is 0.374. The van der Waals surface area contributed by atoms with Gasteiger partial charge < -0.3 is 25.8 Å². The third-order valence-electron chi connectivity index (χ3n) is 2.87. The van der Waals surface area contributed by atoms with E-state index in [1.54, 1.807) is 0 Å². The molecule has 3 heterocycles. The Kier molecular flexibility index (Phi) is 2.50. The first-order valence-electron chi connectivity index (χ1n) is 5.46. The van der Waals surface area contributed by atoms with Crippen LogP contribution < -0.4 is 5.73 Å². The van der Waals surface area contributed by atoms with Gasteiger partial charge in [-0.25, -0.2) is 19.5 Å². The molecule has 5 N–H and O–H groups in total. The van der Waals surface area contributed by atoms with Crippen LogP contribution in [0.5, 0.6) is 0 Å². The van der Waals surface area contributed by atoms with Crippen LogP contribution in [0.1, 0.15) is 0 Å². The molecule has 2 aromatic heterocycles. The van der Waals surface area contributed by atoms with E-state index < -0.39 is 24.6 Å². The lowest BCUT2D eigenvalue weighted by atomic mass is 10.2. The number of hydrogen-bond donors (Lipinski definition) is 4. The molecule has 9 heteroatoms. The lowest BCUT2D eigenvalue weighted by molar-refractivity contribution is 0.0140. The summed E-state index contributed by atoms with van der Waals surface area (Å²) >= 11 is 0. The Morgan fingerprint density at radius 1 is 1.37 bits per heavy atom. The Labute approximate surface area is 106 Å². The Balaban J connectivity index is 2.13. The first-order valence-corrected chi connectivity index (χ1v) is 5.46. The largest absolute Gasteiger partial charge is 0.505 e. The third kappa shape index (κ3) is 1.59. The normalized spacial score (nSPS) is 23.1. The van der Waals surface area contributed by atoms with Crippen molar-refractivity contribution in [3.63, 3.8) is 0 Å². The van der Waals surface area contributed by atoms with Crippen molar-refractivity contribution in [2.75, 3.05) is 12.3 Å². The van der Waals surface area contributed by atoms with Crippen molar-refractivity contribution in [3.8, 4) is 0 Å². The summed E-state index contributed by atoms with van der Waals surface area (Å²) < 4.78 is 6.61. The van der Waals surface area contributed by atoms with Crippen LogP contribution in [-0.4, -0.2) is 53.7 Å². The maximum Gasteiger partial charge on any atom is 0.243 e. The highest BCUT2D eigenvalue weighted by Crippen LogP contribution is 2.29. The molecule has 0 spiro atoms. The molecule has 100 valence electrons. The molecule has 19 heavy (non-hydrogen) atoms. The van der Waals surface area contributed by atoms with Gasteiger partial charge in [0.15, 0.2) is 34.9 Å². The van der Waals surface area contributed by atoms with Crippen molar-refractivity contribution in [2.45, 2.75) is 12.2 Å². The number of anilines is 1.